The van der Waals surface area contributed by atoms with Gasteiger partial charge in [0.1, 0.15) is 0 Å². The maximum absolute atomic E-state index is 12.2. The second kappa shape index (κ2) is 4.98. The van der Waals surface area contributed by atoms with Crippen molar-refractivity contribution in [2.24, 2.45) is 0 Å². The molecule has 18 heavy (non-hydrogen) atoms. The number of hydrogen-bond acceptors (Lipinski definition) is 3. The first-order valence-corrected chi connectivity index (χ1v) is 6.20. The van der Waals surface area contributed by atoms with Crippen molar-refractivity contribution in [3.63, 3.8) is 0 Å². The Bertz CT molecular complexity index is 463. The van der Waals surface area contributed by atoms with E-state index in [-0.39, 0.29) is 13.0 Å². The van der Waals surface area contributed by atoms with Gasteiger partial charge in [-0.2, -0.15) is 0 Å². The number of carbonyl (C=O) groups excluding carboxylic acids is 2. The molecule has 0 bridgehead atoms. The maximum atomic E-state index is 12.2. The Morgan fingerprint density at radius 2 is 2.11 bits per heavy atom. The molecule has 0 saturated carbocycles. The van der Waals surface area contributed by atoms with Crippen LogP contribution in [0.15, 0.2) is 30.3 Å². The number of nitrogens with zero attached hydrogens (tertiary/aromatic N) is 1. The van der Waals surface area contributed by atoms with Crippen molar-refractivity contribution in [2.75, 3.05) is 18.1 Å². The third-order valence-electron chi connectivity index (χ3n) is 2.93. The molecule has 1 aromatic carbocycles. The fraction of sp³-hybridized carbons (Fsp3) is 0.385. The molecular formula is C13H14ClNO3. The third-order valence-corrected chi connectivity index (χ3v) is 3.44. The van der Waals surface area contributed by atoms with Gasteiger partial charge in [-0.3, -0.25) is 4.79 Å². The van der Waals surface area contributed by atoms with Gasteiger partial charge in [0, 0.05) is 18.7 Å². The van der Waals surface area contributed by atoms with Crippen LogP contribution in [0.5, 0.6) is 0 Å². The Kier molecular flexibility index (Phi) is 3.57. The van der Waals surface area contributed by atoms with E-state index in [1.54, 1.807) is 6.92 Å². The summed E-state index contributed by atoms with van der Waals surface area (Å²) < 4.78 is 4.87. The fourth-order valence-corrected chi connectivity index (χ4v) is 2.22. The van der Waals surface area contributed by atoms with Crippen molar-refractivity contribution in [3.05, 3.63) is 30.3 Å². The molecule has 2 rings (SSSR count). The van der Waals surface area contributed by atoms with E-state index in [0.717, 1.165) is 5.69 Å². The first-order chi connectivity index (χ1) is 8.59. The van der Waals surface area contributed by atoms with E-state index in [0.29, 0.717) is 6.54 Å². The van der Waals surface area contributed by atoms with Crippen molar-refractivity contribution >= 4 is 29.2 Å². The lowest BCUT2D eigenvalue weighted by Crippen LogP contribution is -2.43. The highest BCUT2D eigenvalue weighted by atomic mass is 35.5. The predicted molar refractivity (Wildman–Crippen MR) is 68.6 cm³/mol. The molecule has 1 amide bonds. The second-order valence-corrected chi connectivity index (χ2v) is 4.71. The smallest absolute Gasteiger partial charge is 0.337 e. The van der Waals surface area contributed by atoms with Gasteiger partial charge in [0.15, 0.2) is 0 Å². The van der Waals surface area contributed by atoms with Crippen LogP contribution in [0.25, 0.3) is 0 Å². The Morgan fingerprint density at radius 1 is 1.44 bits per heavy atom. The Labute approximate surface area is 110 Å². The summed E-state index contributed by atoms with van der Waals surface area (Å²) in [6.07, 6.45) is 0.265. The molecule has 1 aromatic rings. The summed E-state index contributed by atoms with van der Waals surface area (Å²) in [6, 6.07) is 9.16. The topological polar surface area (TPSA) is 46.6 Å². The second-order valence-electron chi connectivity index (χ2n) is 4.06. The molecule has 0 aliphatic carbocycles. The average molecular weight is 268 g/mol. The van der Waals surface area contributed by atoms with Gasteiger partial charge in [0.25, 0.3) is 5.91 Å². The SMILES string of the molecule is CCOC(=O)[C@@]1(Cl)CCN(c2ccccc2)C1=O. The quantitative estimate of drug-likeness (QED) is 0.478. The molecule has 5 heteroatoms. The maximum Gasteiger partial charge on any atom is 0.337 e. The number of ether oxygens (including phenoxy) is 1. The van der Waals surface area contributed by atoms with Crippen LogP contribution in [0.3, 0.4) is 0 Å². The molecule has 0 aromatic heterocycles. The van der Waals surface area contributed by atoms with E-state index in [4.69, 9.17) is 16.3 Å². The van der Waals surface area contributed by atoms with Crippen molar-refractivity contribution < 1.29 is 14.3 Å². The summed E-state index contributed by atoms with van der Waals surface area (Å²) in [7, 11) is 0. The number of rotatable bonds is 3. The van der Waals surface area contributed by atoms with E-state index in [2.05, 4.69) is 0 Å². The summed E-state index contributed by atoms with van der Waals surface area (Å²) in [5.41, 5.74) is 0.745. The number of carbonyl (C=O) groups is 2. The largest absolute Gasteiger partial charge is 0.464 e. The zero-order valence-electron chi connectivity index (χ0n) is 10.1. The Hall–Kier alpha value is -1.55. The molecule has 96 valence electrons. The first-order valence-electron chi connectivity index (χ1n) is 5.82. The van der Waals surface area contributed by atoms with Crippen LogP contribution < -0.4 is 4.90 Å². The van der Waals surface area contributed by atoms with E-state index in [1.165, 1.54) is 4.90 Å². The average Bonchev–Trinajstić information content (AvgIpc) is 2.69. The number of hydrogen-bond donors (Lipinski definition) is 0. The van der Waals surface area contributed by atoms with Crippen LogP contribution in [0.4, 0.5) is 5.69 Å². The zero-order valence-corrected chi connectivity index (χ0v) is 10.8. The number of esters is 1. The normalized spacial score (nSPS) is 23.2. The first kappa shape index (κ1) is 12.9. The van der Waals surface area contributed by atoms with Crippen molar-refractivity contribution in [2.45, 2.75) is 18.2 Å². The van der Waals surface area contributed by atoms with Gasteiger partial charge in [0.2, 0.25) is 4.87 Å². The molecule has 1 aliphatic rings. The minimum absolute atomic E-state index is 0.214. The highest BCUT2D eigenvalue weighted by Crippen LogP contribution is 2.34. The fourth-order valence-electron chi connectivity index (χ4n) is 1.98. The van der Waals surface area contributed by atoms with Crippen molar-refractivity contribution in [3.8, 4) is 0 Å². The van der Waals surface area contributed by atoms with Crippen molar-refractivity contribution in [1.82, 2.24) is 0 Å². The van der Waals surface area contributed by atoms with Gasteiger partial charge < -0.3 is 9.64 Å². The van der Waals surface area contributed by atoms with Crippen LogP contribution in [0.1, 0.15) is 13.3 Å². The van der Waals surface area contributed by atoms with E-state index >= 15 is 0 Å². The Balaban J connectivity index is 2.22. The van der Waals surface area contributed by atoms with Gasteiger partial charge in [0.05, 0.1) is 6.61 Å². The molecule has 4 nitrogen and oxygen atoms in total. The van der Waals surface area contributed by atoms with Crippen LogP contribution in [-0.4, -0.2) is 29.9 Å². The number of benzene rings is 1. The molecule has 1 heterocycles. The number of alkyl halides is 1. The molecule has 0 N–H and O–H groups in total. The molecular weight excluding hydrogens is 254 g/mol. The van der Waals surface area contributed by atoms with Gasteiger partial charge in [-0.15, -0.1) is 0 Å². The van der Waals surface area contributed by atoms with Crippen molar-refractivity contribution in [1.29, 1.82) is 0 Å². The molecule has 1 fully saturated rings. The highest BCUT2D eigenvalue weighted by molar-refractivity contribution is 6.48. The number of anilines is 1. The lowest BCUT2D eigenvalue weighted by atomic mass is 10.1. The minimum Gasteiger partial charge on any atom is -0.464 e. The minimum atomic E-state index is -1.56. The summed E-state index contributed by atoms with van der Waals surface area (Å²) in [6.45, 7) is 2.32. The lowest BCUT2D eigenvalue weighted by Gasteiger charge is -2.20. The van der Waals surface area contributed by atoms with E-state index in [9.17, 15) is 9.59 Å². The molecule has 0 radical (unpaired) electrons. The zero-order chi connectivity index (χ0) is 13.2. The van der Waals surface area contributed by atoms with Gasteiger partial charge >= 0.3 is 5.97 Å². The summed E-state index contributed by atoms with van der Waals surface area (Å²) in [4.78, 5) is 23.9. The van der Waals surface area contributed by atoms with Gasteiger partial charge in [-0.1, -0.05) is 29.8 Å². The molecule has 1 atom stereocenters. The number of para-hydroxylation sites is 1. The highest BCUT2D eigenvalue weighted by Gasteiger charge is 2.53. The Morgan fingerprint density at radius 3 is 2.72 bits per heavy atom. The van der Waals surface area contributed by atoms with E-state index in [1.807, 2.05) is 30.3 Å². The predicted octanol–water partition coefficient (Wildman–Crippen LogP) is 1.96. The lowest BCUT2D eigenvalue weighted by molar-refractivity contribution is -0.148. The monoisotopic (exact) mass is 267 g/mol. The summed E-state index contributed by atoms with van der Waals surface area (Å²) in [5, 5.41) is 0. The van der Waals surface area contributed by atoms with Gasteiger partial charge in [-0.05, 0) is 19.1 Å². The summed E-state index contributed by atoms with van der Waals surface area (Å²) in [5.74, 6) is -1.07. The number of halogens is 1. The molecule has 1 aliphatic heterocycles. The molecule has 0 unspecified atom stereocenters. The number of amides is 1. The summed E-state index contributed by atoms with van der Waals surface area (Å²) >= 11 is 6.13. The van der Waals surface area contributed by atoms with E-state index < -0.39 is 16.8 Å². The third kappa shape index (κ3) is 2.08. The van der Waals surface area contributed by atoms with Crippen LogP contribution >= 0.6 is 11.6 Å². The molecule has 0 spiro atoms. The standard InChI is InChI=1S/C13H14ClNO3/c1-2-18-12(17)13(14)8-9-15(11(13)16)10-6-4-3-5-7-10/h3-7H,2,8-9H2,1H3/t13-/m1/s1. The van der Waals surface area contributed by atoms with Crippen LogP contribution in [-0.2, 0) is 14.3 Å². The molecule has 1 saturated heterocycles. The van der Waals surface area contributed by atoms with Gasteiger partial charge in [-0.25, -0.2) is 4.79 Å². The van der Waals surface area contributed by atoms with Crippen LogP contribution in [0, 0.1) is 0 Å². The van der Waals surface area contributed by atoms with Crippen LogP contribution in [0.2, 0.25) is 0 Å².